The van der Waals surface area contributed by atoms with Crippen LogP contribution < -0.4 is 4.74 Å². The number of ether oxygens (including phenoxy) is 2. The molecule has 130 valence electrons. The maximum Gasteiger partial charge on any atom is 0.232 e. The van der Waals surface area contributed by atoms with Crippen LogP contribution >= 0.6 is 0 Å². The minimum Gasteiger partial charge on any atom is -0.507 e. The minimum atomic E-state index is -0.188. The molecule has 0 radical (unpaired) electrons. The van der Waals surface area contributed by atoms with E-state index in [4.69, 9.17) is 13.9 Å². The Morgan fingerprint density at radius 2 is 2.12 bits per heavy atom. The number of Topliss-reactive ketones (excluding diaryl/α,β-unsaturated/α-hetero) is 1. The summed E-state index contributed by atoms with van der Waals surface area (Å²) in [6.45, 7) is 5.21. The molecular formula is C19H19NO5. The second kappa shape index (κ2) is 6.38. The Labute approximate surface area is 145 Å². The number of carbonyl (C=O) groups is 1. The van der Waals surface area contributed by atoms with Crippen molar-refractivity contribution in [2.45, 2.75) is 13.5 Å². The third-order valence-electron chi connectivity index (χ3n) is 4.52. The Bertz CT molecular complexity index is 832. The van der Waals surface area contributed by atoms with Crippen molar-refractivity contribution in [1.29, 1.82) is 0 Å². The lowest BCUT2D eigenvalue weighted by molar-refractivity contribution is 0.0336. The molecule has 0 aliphatic carbocycles. The van der Waals surface area contributed by atoms with Gasteiger partial charge in [-0.15, -0.1) is 0 Å². The monoisotopic (exact) mass is 341 g/mol. The first kappa shape index (κ1) is 15.9. The first-order valence-electron chi connectivity index (χ1n) is 8.27. The number of aromatic hydroxyl groups is 1. The molecule has 1 aromatic carbocycles. The van der Waals surface area contributed by atoms with Gasteiger partial charge in [0, 0.05) is 25.7 Å². The molecular weight excluding hydrogens is 322 g/mol. The van der Waals surface area contributed by atoms with Crippen LogP contribution in [0.4, 0.5) is 0 Å². The number of hydrogen-bond acceptors (Lipinski definition) is 6. The van der Waals surface area contributed by atoms with Gasteiger partial charge in [-0.3, -0.25) is 9.69 Å². The number of nitrogens with zero attached hydrogens (tertiary/aromatic N) is 1. The van der Waals surface area contributed by atoms with Crippen molar-refractivity contribution in [1.82, 2.24) is 4.90 Å². The van der Waals surface area contributed by atoms with E-state index in [1.165, 1.54) is 0 Å². The number of phenolic OH excluding ortho intramolecular Hbond substituents is 1. The molecule has 6 nitrogen and oxygen atoms in total. The average Bonchev–Trinajstić information content (AvgIpc) is 3.22. The normalized spacial score (nSPS) is 19.2. The molecule has 2 aliphatic rings. The number of aryl methyl sites for hydroxylation is 1. The minimum absolute atomic E-state index is 0.148. The molecule has 2 aromatic rings. The second-order valence-corrected chi connectivity index (χ2v) is 6.24. The molecule has 4 rings (SSSR count). The van der Waals surface area contributed by atoms with Gasteiger partial charge in [0.15, 0.2) is 5.76 Å². The first-order chi connectivity index (χ1) is 12.1. The van der Waals surface area contributed by atoms with Gasteiger partial charge in [-0.1, -0.05) is 0 Å². The van der Waals surface area contributed by atoms with E-state index in [1.807, 2.05) is 0 Å². The van der Waals surface area contributed by atoms with E-state index >= 15 is 0 Å². The standard InChI is InChI=1S/C19H19NO5/c1-12-9-15(21)14(11-20-4-7-23-8-5-20)19-17(12)18(22)16(25-19)10-13-3-2-6-24-13/h2-3,6,9-10,21H,4-5,7-8,11H2,1H3/b16-10-. The molecule has 1 aromatic heterocycles. The Morgan fingerprint density at radius 1 is 1.32 bits per heavy atom. The summed E-state index contributed by atoms with van der Waals surface area (Å²) in [6, 6.07) is 5.14. The van der Waals surface area contributed by atoms with Crippen LogP contribution in [0.2, 0.25) is 0 Å². The molecule has 1 fully saturated rings. The number of furan rings is 1. The lowest BCUT2D eigenvalue weighted by Crippen LogP contribution is -2.35. The van der Waals surface area contributed by atoms with Crippen molar-refractivity contribution in [2.24, 2.45) is 0 Å². The molecule has 0 unspecified atom stereocenters. The number of benzene rings is 1. The molecule has 0 atom stereocenters. The third-order valence-corrected chi connectivity index (χ3v) is 4.52. The molecule has 25 heavy (non-hydrogen) atoms. The van der Waals surface area contributed by atoms with Crippen LogP contribution in [0.15, 0.2) is 34.6 Å². The molecule has 1 N–H and O–H groups in total. The fraction of sp³-hybridized carbons (Fsp3) is 0.316. The SMILES string of the molecule is Cc1cc(O)c(CN2CCOCC2)c2c1C(=O)/C(=C/c1ccco1)O2. The molecule has 0 saturated carbocycles. The summed E-state index contributed by atoms with van der Waals surface area (Å²) in [5.41, 5.74) is 1.85. The average molecular weight is 341 g/mol. The van der Waals surface area contributed by atoms with Crippen LogP contribution in [-0.2, 0) is 11.3 Å². The highest BCUT2D eigenvalue weighted by atomic mass is 16.5. The number of allylic oxidation sites excluding steroid dienone is 1. The maximum absolute atomic E-state index is 12.7. The van der Waals surface area contributed by atoms with E-state index in [2.05, 4.69) is 4.90 Å². The Balaban J connectivity index is 1.71. The van der Waals surface area contributed by atoms with E-state index in [9.17, 15) is 9.90 Å². The summed E-state index contributed by atoms with van der Waals surface area (Å²) in [7, 11) is 0. The molecule has 3 heterocycles. The maximum atomic E-state index is 12.7. The van der Waals surface area contributed by atoms with Crippen LogP contribution in [0.25, 0.3) is 6.08 Å². The number of morpholine rings is 1. The van der Waals surface area contributed by atoms with Crippen LogP contribution in [0.5, 0.6) is 11.5 Å². The third kappa shape index (κ3) is 2.94. The van der Waals surface area contributed by atoms with Gasteiger partial charge < -0.3 is 19.0 Å². The number of hydrogen-bond donors (Lipinski definition) is 1. The summed E-state index contributed by atoms with van der Waals surface area (Å²) in [5.74, 6) is 1.17. The molecule has 0 spiro atoms. The van der Waals surface area contributed by atoms with Gasteiger partial charge in [0.1, 0.15) is 17.3 Å². The van der Waals surface area contributed by atoms with Crippen LogP contribution in [0.3, 0.4) is 0 Å². The van der Waals surface area contributed by atoms with Gasteiger partial charge in [0.05, 0.1) is 30.6 Å². The summed E-state index contributed by atoms with van der Waals surface area (Å²) in [4.78, 5) is 14.9. The van der Waals surface area contributed by atoms with Crippen molar-refractivity contribution >= 4 is 11.9 Å². The van der Waals surface area contributed by atoms with Crippen LogP contribution in [0, 0.1) is 6.92 Å². The zero-order valence-corrected chi connectivity index (χ0v) is 13.9. The van der Waals surface area contributed by atoms with Gasteiger partial charge >= 0.3 is 0 Å². The van der Waals surface area contributed by atoms with Gasteiger partial charge in [-0.25, -0.2) is 0 Å². The van der Waals surface area contributed by atoms with E-state index in [0.29, 0.717) is 48.0 Å². The van der Waals surface area contributed by atoms with E-state index in [0.717, 1.165) is 13.1 Å². The number of phenols is 1. The Hall–Kier alpha value is -2.57. The van der Waals surface area contributed by atoms with E-state index in [1.54, 1.807) is 37.5 Å². The largest absolute Gasteiger partial charge is 0.507 e. The number of carbonyl (C=O) groups excluding carboxylic acids is 1. The summed E-state index contributed by atoms with van der Waals surface area (Å²) >= 11 is 0. The summed E-state index contributed by atoms with van der Waals surface area (Å²) < 4.78 is 16.5. The quantitative estimate of drug-likeness (QED) is 0.866. The zero-order valence-electron chi connectivity index (χ0n) is 13.9. The van der Waals surface area contributed by atoms with Gasteiger partial charge in [0.2, 0.25) is 5.78 Å². The summed E-state index contributed by atoms with van der Waals surface area (Å²) in [5, 5.41) is 10.4. The van der Waals surface area contributed by atoms with E-state index < -0.39 is 0 Å². The fourth-order valence-electron chi connectivity index (χ4n) is 3.22. The molecule has 6 heteroatoms. The van der Waals surface area contributed by atoms with Crippen molar-refractivity contribution in [3.8, 4) is 11.5 Å². The van der Waals surface area contributed by atoms with E-state index in [-0.39, 0.29) is 17.3 Å². The number of rotatable bonds is 3. The van der Waals surface area contributed by atoms with Crippen LogP contribution in [-0.4, -0.2) is 42.1 Å². The van der Waals surface area contributed by atoms with Crippen molar-refractivity contribution in [3.05, 3.63) is 52.7 Å². The molecule has 2 aliphatic heterocycles. The molecule has 0 amide bonds. The molecule has 0 bridgehead atoms. The topological polar surface area (TPSA) is 72.1 Å². The smallest absolute Gasteiger partial charge is 0.232 e. The zero-order chi connectivity index (χ0) is 17.4. The lowest BCUT2D eigenvalue weighted by atomic mass is 9.99. The Kier molecular flexibility index (Phi) is 4.07. The van der Waals surface area contributed by atoms with Crippen molar-refractivity contribution in [2.75, 3.05) is 26.3 Å². The predicted octanol–water partition coefficient (Wildman–Crippen LogP) is 2.74. The highest BCUT2D eigenvalue weighted by Crippen LogP contribution is 2.42. The summed E-state index contributed by atoms with van der Waals surface area (Å²) in [6.07, 6.45) is 3.12. The van der Waals surface area contributed by atoms with Crippen molar-refractivity contribution < 1.29 is 23.8 Å². The Morgan fingerprint density at radius 3 is 2.84 bits per heavy atom. The molecule has 1 saturated heterocycles. The highest BCUT2D eigenvalue weighted by Gasteiger charge is 2.34. The number of fused-ring (bicyclic) bond motifs is 1. The fourth-order valence-corrected chi connectivity index (χ4v) is 3.22. The number of ketones is 1. The van der Waals surface area contributed by atoms with Crippen molar-refractivity contribution in [3.63, 3.8) is 0 Å². The van der Waals surface area contributed by atoms with Gasteiger partial charge in [-0.05, 0) is 30.7 Å². The predicted molar refractivity (Wildman–Crippen MR) is 90.6 cm³/mol. The van der Waals surface area contributed by atoms with Crippen LogP contribution in [0.1, 0.15) is 27.2 Å². The van der Waals surface area contributed by atoms with Gasteiger partial charge in [0.25, 0.3) is 0 Å². The van der Waals surface area contributed by atoms with Gasteiger partial charge in [-0.2, -0.15) is 0 Å². The second-order valence-electron chi connectivity index (χ2n) is 6.24. The highest BCUT2D eigenvalue weighted by molar-refractivity contribution is 6.15. The lowest BCUT2D eigenvalue weighted by Gasteiger charge is -2.27. The first-order valence-corrected chi connectivity index (χ1v) is 8.27.